The van der Waals surface area contributed by atoms with Crippen molar-refractivity contribution in [1.82, 2.24) is 5.32 Å². The molecule has 1 rings (SSSR count). The van der Waals surface area contributed by atoms with E-state index in [0.717, 1.165) is 0 Å². The minimum Gasteiger partial charge on any atom is -0.481 e. The number of amides is 1. The number of hydrogen-bond donors (Lipinski definition) is 2. The number of halogens is 1. The van der Waals surface area contributed by atoms with Crippen molar-refractivity contribution < 1.29 is 14.6 Å². The lowest BCUT2D eigenvalue weighted by Gasteiger charge is -2.22. The van der Waals surface area contributed by atoms with E-state index in [4.69, 9.17) is 16.3 Å². The molecule has 1 unspecified atom stereocenters. The molecule has 0 aliphatic heterocycles. The van der Waals surface area contributed by atoms with E-state index in [1.54, 1.807) is 31.2 Å². The number of ether oxygens (including phenoxy) is 1. The minimum absolute atomic E-state index is 0.0900. The predicted octanol–water partition coefficient (Wildman–Crippen LogP) is 2.24. The van der Waals surface area contributed by atoms with Gasteiger partial charge in [0.1, 0.15) is 5.75 Å². The van der Waals surface area contributed by atoms with Crippen LogP contribution < -0.4 is 10.1 Å². The van der Waals surface area contributed by atoms with Crippen molar-refractivity contribution in [2.45, 2.75) is 32.9 Å². The molecule has 1 aromatic rings. The molecule has 0 aliphatic carbocycles. The van der Waals surface area contributed by atoms with E-state index < -0.39 is 6.10 Å². The summed E-state index contributed by atoms with van der Waals surface area (Å²) in [6.45, 7) is 5.44. The van der Waals surface area contributed by atoms with Crippen LogP contribution in [-0.4, -0.2) is 29.8 Å². The van der Waals surface area contributed by atoms with Gasteiger partial charge >= 0.3 is 0 Å². The SMILES string of the molecule is CC(Oc1cccc(Cl)c1)C(=O)N[C@H](CO)C(C)C. The highest BCUT2D eigenvalue weighted by atomic mass is 35.5. The number of aliphatic hydroxyl groups excluding tert-OH is 1. The molecule has 5 heteroatoms. The van der Waals surface area contributed by atoms with E-state index in [0.29, 0.717) is 10.8 Å². The van der Waals surface area contributed by atoms with E-state index in [1.807, 2.05) is 13.8 Å². The smallest absolute Gasteiger partial charge is 0.261 e. The number of carbonyl (C=O) groups is 1. The fourth-order valence-electron chi connectivity index (χ4n) is 1.52. The second kappa shape index (κ2) is 7.36. The zero-order valence-corrected chi connectivity index (χ0v) is 12.1. The summed E-state index contributed by atoms with van der Waals surface area (Å²) in [5.74, 6) is 0.445. The first-order valence-corrected chi connectivity index (χ1v) is 6.65. The van der Waals surface area contributed by atoms with Crippen LogP contribution in [0.4, 0.5) is 0 Å². The highest BCUT2D eigenvalue weighted by Gasteiger charge is 2.20. The van der Waals surface area contributed by atoms with Crippen molar-refractivity contribution in [2.24, 2.45) is 5.92 Å². The van der Waals surface area contributed by atoms with Crippen LogP contribution in [0.3, 0.4) is 0 Å². The minimum atomic E-state index is -0.647. The Balaban J connectivity index is 2.57. The van der Waals surface area contributed by atoms with Gasteiger partial charge < -0.3 is 15.2 Å². The molecule has 0 aliphatic rings. The second-order valence-electron chi connectivity index (χ2n) is 4.76. The maximum absolute atomic E-state index is 11.9. The van der Waals surface area contributed by atoms with Gasteiger partial charge in [-0.3, -0.25) is 4.79 Å². The van der Waals surface area contributed by atoms with Crippen LogP contribution in [0, 0.1) is 5.92 Å². The third kappa shape index (κ3) is 5.09. The van der Waals surface area contributed by atoms with Gasteiger partial charge in [0.2, 0.25) is 0 Å². The third-order valence-corrected chi connectivity index (χ3v) is 3.04. The number of benzene rings is 1. The topological polar surface area (TPSA) is 58.6 Å². The molecule has 4 nitrogen and oxygen atoms in total. The molecule has 2 N–H and O–H groups in total. The normalized spacial score (nSPS) is 14.0. The summed E-state index contributed by atoms with van der Waals surface area (Å²) < 4.78 is 5.50. The molecule has 0 radical (unpaired) electrons. The quantitative estimate of drug-likeness (QED) is 0.843. The van der Waals surface area contributed by atoms with Crippen molar-refractivity contribution in [3.8, 4) is 5.75 Å². The number of rotatable bonds is 6. The molecule has 19 heavy (non-hydrogen) atoms. The van der Waals surface area contributed by atoms with Gasteiger partial charge in [-0.25, -0.2) is 0 Å². The second-order valence-corrected chi connectivity index (χ2v) is 5.20. The zero-order chi connectivity index (χ0) is 14.4. The fraction of sp³-hybridized carbons (Fsp3) is 0.500. The lowest BCUT2D eigenvalue weighted by Crippen LogP contribution is -2.46. The van der Waals surface area contributed by atoms with Crippen molar-refractivity contribution in [1.29, 1.82) is 0 Å². The Hall–Kier alpha value is -1.26. The maximum Gasteiger partial charge on any atom is 0.261 e. The van der Waals surface area contributed by atoms with Crippen LogP contribution in [0.25, 0.3) is 0 Å². The Labute approximate surface area is 118 Å². The van der Waals surface area contributed by atoms with Crippen LogP contribution in [0.5, 0.6) is 5.75 Å². The summed E-state index contributed by atoms with van der Waals surface area (Å²) in [6.07, 6.45) is -0.647. The molecule has 0 spiro atoms. The first kappa shape index (κ1) is 15.8. The van der Waals surface area contributed by atoms with E-state index in [1.165, 1.54) is 0 Å². The standard InChI is InChI=1S/C14H20ClNO3/c1-9(2)13(8-17)16-14(18)10(3)19-12-6-4-5-11(15)7-12/h4-7,9-10,13,17H,8H2,1-3H3,(H,16,18)/t10?,13-/m1/s1. The molecular formula is C14H20ClNO3. The van der Waals surface area contributed by atoms with Crippen molar-refractivity contribution >= 4 is 17.5 Å². The van der Waals surface area contributed by atoms with Gasteiger partial charge in [0, 0.05) is 5.02 Å². The molecule has 0 saturated carbocycles. The van der Waals surface area contributed by atoms with Crippen molar-refractivity contribution in [3.63, 3.8) is 0 Å². The largest absolute Gasteiger partial charge is 0.481 e. The van der Waals surface area contributed by atoms with Crippen LogP contribution in [0.1, 0.15) is 20.8 Å². The summed E-state index contributed by atoms with van der Waals surface area (Å²) in [6, 6.07) is 6.61. The number of carbonyl (C=O) groups excluding carboxylic acids is 1. The zero-order valence-electron chi connectivity index (χ0n) is 11.4. The van der Waals surface area contributed by atoms with E-state index in [-0.39, 0.29) is 24.5 Å². The predicted molar refractivity (Wildman–Crippen MR) is 75.4 cm³/mol. The molecule has 2 atom stereocenters. The molecular weight excluding hydrogens is 266 g/mol. The van der Waals surface area contributed by atoms with Gasteiger partial charge in [-0.05, 0) is 31.0 Å². The fourth-order valence-corrected chi connectivity index (χ4v) is 1.70. The average molecular weight is 286 g/mol. The number of hydrogen-bond acceptors (Lipinski definition) is 3. The number of aliphatic hydroxyl groups is 1. The van der Waals surface area contributed by atoms with E-state index in [9.17, 15) is 9.90 Å². The van der Waals surface area contributed by atoms with Crippen LogP contribution in [0.2, 0.25) is 5.02 Å². The molecule has 106 valence electrons. The Morgan fingerprint density at radius 1 is 1.42 bits per heavy atom. The first-order chi connectivity index (χ1) is 8.93. The Kier molecular flexibility index (Phi) is 6.12. The van der Waals surface area contributed by atoms with Crippen LogP contribution in [-0.2, 0) is 4.79 Å². The molecule has 0 bridgehead atoms. The van der Waals surface area contributed by atoms with Crippen LogP contribution >= 0.6 is 11.6 Å². The van der Waals surface area contributed by atoms with Gasteiger partial charge in [-0.1, -0.05) is 31.5 Å². The molecule has 0 aromatic heterocycles. The first-order valence-electron chi connectivity index (χ1n) is 6.27. The summed E-state index contributed by atoms with van der Waals surface area (Å²) in [5, 5.41) is 12.5. The Morgan fingerprint density at radius 3 is 2.63 bits per heavy atom. The lowest BCUT2D eigenvalue weighted by atomic mass is 10.1. The Morgan fingerprint density at radius 2 is 2.11 bits per heavy atom. The number of nitrogens with one attached hydrogen (secondary N) is 1. The van der Waals surface area contributed by atoms with E-state index in [2.05, 4.69) is 5.32 Å². The molecule has 0 heterocycles. The van der Waals surface area contributed by atoms with Crippen molar-refractivity contribution in [2.75, 3.05) is 6.61 Å². The van der Waals surface area contributed by atoms with Crippen LogP contribution in [0.15, 0.2) is 24.3 Å². The van der Waals surface area contributed by atoms with Gasteiger partial charge in [0.25, 0.3) is 5.91 Å². The van der Waals surface area contributed by atoms with Gasteiger partial charge in [-0.15, -0.1) is 0 Å². The Bertz CT molecular complexity index is 423. The summed E-state index contributed by atoms with van der Waals surface area (Å²) in [5.41, 5.74) is 0. The molecule has 0 saturated heterocycles. The average Bonchev–Trinajstić information content (AvgIpc) is 2.35. The summed E-state index contributed by atoms with van der Waals surface area (Å²) in [7, 11) is 0. The van der Waals surface area contributed by atoms with E-state index >= 15 is 0 Å². The van der Waals surface area contributed by atoms with Gasteiger partial charge in [-0.2, -0.15) is 0 Å². The monoisotopic (exact) mass is 285 g/mol. The molecule has 1 aromatic carbocycles. The highest BCUT2D eigenvalue weighted by molar-refractivity contribution is 6.30. The maximum atomic E-state index is 11.9. The summed E-state index contributed by atoms with van der Waals surface area (Å²) in [4.78, 5) is 11.9. The molecule has 1 amide bonds. The highest BCUT2D eigenvalue weighted by Crippen LogP contribution is 2.18. The summed E-state index contributed by atoms with van der Waals surface area (Å²) >= 11 is 5.84. The molecule has 0 fully saturated rings. The van der Waals surface area contributed by atoms with Crippen molar-refractivity contribution in [3.05, 3.63) is 29.3 Å². The van der Waals surface area contributed by atoms with Gasteiger partial charge in [0.15, 0.2) is 6.10 Å². The lowest BCUT2D eigenvalue weighted by molar-refractivity contribution is -0.128. The van der Waals surface area contributed by atoms with Gasteiger partial charge in [0.05, 0.1) is 12.6 Å². The third-order valence-electron chi connectivity index (χ3n) is 2.81.